The maximum absolute atomic E-state index is 12.9. The van der Waals surface area contributed by atoms with Gasteiger partial charge in [0.05, 0.1) is 5.69 Å². The maximum atomic E-state index is 12.9. The Morgan fingerprint density at radius 1 is 1.77 bits per heavy atom. The predicted octanol–water partition coefficient (Wildman–Crippen LogP) is 0.175. The van der Waals surface area contributed by atoms with Crippen molar-refractivity contribution in [3.63, 3.8) is 0 Å². The smallest absolute Gasteiger partial charge is 0.320 e. The van der Waals surface area contributed by atoms with E-state index < -0.39 is 17.8 Å². The molecule has 0 radical (unpaired) electrons. The van der Waals surface area contributed by atoms with E-state index in [1.165, 1.54) is 18.3 Å². The number of rotatable bonds is 3. The quantitative estimate of drug-likeness (QED) is 0.702. The van der Waals surface area contributed by atoms with Gasteiger partial charge in [0.2, 0.25) is 0 Å². The number of pyridine rings is 1. The summed E-state index contributed by atoms with van der Waals surface area (Å²) in [5, 5.41) is 8.46. The van der Waals surface area contributed by atoms with Gasteiger partial charge in [-0.3, -0.25) is 9.78 Å². The summed E-state index contributed by atoms with van der Waals surface area (Å²) in [6.07, 6.45) is 1.30. The lowest BCUT2D eigenvalue weighted by Gasteiger charge is -2.05. The van der Waals surface area contributed by atoms with Gasteiger partial charge in [-0.2, -0.15) is 0 Å². The summed E-state index contributed by atoms with van der Waals surface area (Å²) in [5.41, 5.74) is 5.29. The van der Waals surface area contributed by atoms with Crippen molar-refractivity contribution in [2.24, 2.45) is 5.73 Å². The molecule has 0 aliphatic rings. The highest BCUT2D eigenvalue weighted by Crippen LogP contribution is 2.04. The standard InChI is InChI=1S/C8H9FN2O2/c9-5-2-1-3-11-7(5)4-6(10)8(12)13/h1-3,6H,4,10H2,(H,12,13). The number of aliphatic carboxylic acids is 1. The molecule has 0 spiro atoms. The summed E-state index contributed by atoms with van der Waals surface area (Å²) < 4.78 is 12.9. The van der Waals surface area contributed by atoms with Crippen LogP contribution in [0.5, 0.6) is 0 Å². The van der Waals surface area contributed by atoms with E-state index in [1.807, 2.05) is 0 Å². The van der Waals surface area contributed by atoms with Gasteiger partial charge in [-0.25, -0.2) is 4.39 Å². The number of carboxylic acids is 1. The Balaban J connectivity index is 2.74. The highest BCUT2D eigenvalue weighted by Gasteiger charge is 2.14. The molecule has 1 aromatic heterocycles. The zero-order chi connectivity index (χ0) is 9.84. The molecular formula is C8H9FN2O2. The topological polar surface area (TPSA) is 76.2 Å². The molecule has 1 atom stereocenters. The fourth-order valence-corrected chi connectivity index (χ4v) is 0.864. The van der Waals surface area contributed by atoms with Gasteiger partial charge in [-0.15, -0.1) is 0 Å². The molecule has 1 unspecified atom stereocenters. The predicted molar refractivity (Wildman–Crippen MR) is 43.5 cm³/mol. The van der Waals surface area contributed by atoms with Crippen LogP contribution in [0.4, 0.5) is 4.39 Å². The van der Waals surface area contributed by atoms with Crippen LogP contribution < -0.4 is 5.73 Å². The van der Waals surface area contributed by atoms with Crippen LogP contribution >= 0.6 is 0 Å². The molecule has 3 N–H and O–H groups in total. The van der Waals surface area contributed by atoms with E-state index >= 15 is 0 Å². The SMILES string of the molecule is NC(Cc1ncccc1F)C(=O)O. The maximum Gasteiger partial charge on any atom is 0.320 e. The van der Waals surface area contributed by atoms with Gasteiger partial charge in [-0.05, 0) is 12.1 Å². The summed E-state index contributed by atoms with van der Waals surface area (Å²) in [5.74, 6) is -1.69. The third-order valence-electron chi connectivity index (χ3n) is 1.57. The molecule has 4 nitrogen and oxygen atoms in total. The molecule has 0 bridgehead atoms. The summed E-state index contributed by atoms with van der Waals surface area (Å²) >= 11 is 0. The Morgan fingerprint density at radius 2 is 2.46 bits per heavy atom. The van der Waals surface area contributed by atoms with Gasteiger partial charge < -0.3 is 10.8 Å². The number of hydrogen-bond donors (Lipinski definition) is 2. The van der Waals surface area contributed by atoms with E-state index in [4.69, 9.17) is 10.8 Å². The second-order valence-electron chi connectivity index (χ2n) is 2.58. The lowest BCUT2D eigenvalue weighted by molar-refractivity contribution is -0.138. The normalized spacial score (nSPS) is 12.5. The van der Waals surface area contributed by atoms with Crippen molar-refractivity contribution in [2.45, 2.75) is 12.5 Å². The molecule has 1 rings (SSSR count). The van der Waals surface area contributed by atoms with E-state index in [0.717, 1.165) is 0 Å². The summed E-state index contributed by atoms with van der Waals surface area (Å²) in [7, 11) is 0. The first-order valence-electron chi connectivity index (χ1n) is 3.69. The molecule has 13 heavy (non-hydrogen) atoms. The minimum absolute atomic E-state index is 0.0809. The van der Waals surface area contributed by atoms with Crippen LogP contribution in [0.1, 0.15) is 5.69 Å². The van der Waals surface area contributed by atoms with Crippen LogP contribution in [0.2, 0.25) is 0 Å². The molecule has 0 fully saturated rings. The third-order valence-corrected chi connectivity index (χ3v) is 1.57. The monoisotopic (exact) mass is 184 g/mol. The van der Waals surface area contributed by atoms with Crippen molar-refractivity contribution in [1.29, 1.82) is 0 Å². The number of nitrogens with zero attached hydrogens (tertiary/aromatic N) is 1. The fraction of sp³-hybridized carbons (Fsp3) is 0.250. The Morgan fingerprint density at radius 3 is 3.00 bits per heavy atom. The number of hydrogen-bond acceptors (Lipinski definition) is 3. The van der Waals surface area contributed by atoms with Crippen molar-refractivity contribution in [2.75, 3.05) is 0 Å². The highest BCUT2D eigenvalue weighted by molar-refractivity contribution is 5.73. The van der Waals surface area contributed by atoms with Gasteiger partial charge in [0.25, 0.3) is 0 Å². The van der Waals surface area contributed by atoms with E-state index in [0.29, 0.717) is 0 Å². The highest BCUT2D eigenvalue weighted by atomic mass is 19.1. The average molecular weight is 184 g/mol. The molecule has 0 saturated heterocycles. The van der Waals surface area contributed by atoms with Crippen molar-refractivity contribution < 1.29 is 14.3 Å². The Hall–Kier alpha value is -1.49. The van der Waals surface area contributed by atoms with Crippen LogP contribution in [-0.4, -0.2) is 22.1 Å². The average Bonchev–Trinajstić information content (AvgIpc) is 2.08. The molecule has 0 aliphatic carbocycles. The minimum atomic E-state index is -1.16. The van der Waals surface area contributed by atoms with Gasteiger partial charge >= 0.3 is 5.97 Å². The number of halogens is 1. The third kappa shape index (κ3) is 2.48. The Bertz CT molecular complexity index is 317. The van der Waals surface area contributed by atoms with Gasteiger partial charge in [0.1, 0.15) is 11.9 Å². The molecule has 0 aromatic carbocycles. The minimum Gasteiger partial charge on any atom is -0.480 e. The molecular weight excluding hydrogens is 175 g/mol. The van der Waals surface area contributed by atoms with E-state index in [9.17, 15) is 9.18 Å². The summed E-state index contributed by atoms with van der Waals surface area (Å²) in [6, 6.07) is 1.55. The zero-order valence-corrected chi connectivity index (χ0v) is 6.77. The molecule has 1 aromatic rings. The largest absolute Gasteiger partial charge is 0.480 e. The van der Waals surface area contributed by atoms with Crippen molar-refractivity contribution in [3.8, 4) is 0 Å². The van der Waals surface area contributed by atoms with Crippen molar-refractivity contribution >= 4 is 5.97 Å². The van der Waals surface area contributed by atoms with E-state index in [2.05, 4.69) is 4.98 Å². The molecule has 5 heteroatoms. The van der Waals surface area contributed by atoms with Crippen LogP contribution in [-0.2, 0) is 11.2 Å². The number of aromatic nitrogens is 1. The van der Waals surface area contributed by atoms with Crippen LogP contribution in [0, 0.1) is 5.82 Å². The lowest BCUT2D eigenvalue weighted by Crippen LogP contribution is -2.32. The van der Waals surface area contributed by atoms with Crippen LogP contribution in [0.3, 0.4) is 0 Å². The van der Waals surface area contributed by atoms with E-state index in [-0.39, 0.29) is 12.1 Å². The first-order chi connectivity index (χ1) is 6.11. The summed E-state index contributed by atoms with van der Waals surface area (Å²) in [4.78, 5) is 14.0. The molecule has 0 amide bonds. The first kappa shape index (κ1) is 9.60. The van der Waals surface area contributed by atoms with E-state index in [1.54, 1.807) is 0 Å². The first-order valence-corrected chi connectivity index (χ1v) is 3.69. The fourth-order valence-electron chi connectivity index (χ4n) is 0.864. The van der Waals surface area contributed by atoms with Crippen molar-refractivity contribution in [1.82, 2.24) is 4.98 Å². The summed E-state index contributed by atoms with van der Waals surface area (Å²) in [6.45, 7) is 0. The molecule has 70 valence electrons. The Kier molecular flexibility index (Phi) is 2.92. The number of carbonyl (C=O) groups is 1. The van der Waals surface area contributed by atoms with Crippen LogP contribution in [0.25, 0.3) is 0 Å². The lowest BCUT2D eigenvalue weighted by atomic mass is 10.1. The van der Waals surface area contributed by atoms with Gasteiger partial charge in [0, 0.05) is 12.6 Å². The number of nitrogens with two attached hydrogens (primary N) is 1. The molecule has 0 saturated carbocycles. The van der Waals surface area contributed by atoms with Gasteiger partial charge in [0.15, 0.2) is 0 Å². The zero-order valence-electron chi connectivity index (χ0n) is 6.77. The number of carboxylic acid groups (broad SMARTS) is 1. The van der Waals surface area contributed by atoms with Crippen LogP contribution in [0.15, 0.2) is 18.3 Å². The van der Waals surface area contributed by atoms with Crippen molar-refractivity contribution in [3.05, 3.63) is 29.8 Å². The Labute approximate surface area is 74.2 Å². The molecule has 1 heterocycles. The second-order valence-corrected chi connectivity index (χ2v) is 2.58. The van der Waals surface area contributed by atoms with Gasteiger partial charge in [-0.1, -0.05) is 0 Å². The molecule has 0 aliphatic heterocycles. The second kappa shape index (κ2) is 3.95.